The van der Waals surface area contributed by atoms with Gasteiger partial charge in [0.05, 0.1) is 22.0 Å². The fourth-order valence-electron chi connectivity index (χ4n) is 3.04. The van der Waals surface area contributed by atoms with Crippen molar-refractivity contribution in [3.63, 3.8) is 0 Å². The molecule has 5 nitrogen and oxygen atoms in total. The molecular weight excluding hydrogens is 438 g/mol. The summed E-state index contributed by atoms with van der Waals surface area (Å²) in [6.07, 6.45) is 0. The fourth-order valence-corrected chi connectivity index (χ4v) is 4.82. The van der Waals surface area contributed by atoms with Gasteiger partial charge in [-0.1, -0.05) is 47.6 Å². The van der Waals surface area contributed by atoms with Crippen LogP contribution in [0.1, 0.15) is 11.1 Å². The van der Waals surface area contributed by atoms with E-state index in [0.29, 0.717) is 26.1 Å². The van der Waals surface area contributed by atoms with Crippen LogP contribution in [0, 0.1) is 13.8 Å². The van der Waals surface area contributed by atoms with E-state index >= 15 is 0 Å². The van der Waals surface area contributed by atoms with Crippen LogP contribution in [0.4, 0.5) is 5.69 Å². The molecule has 0 aliphatic carbocycles. The lowest BCUT2D eigenvalue weighted by Crippen LogP contribution is -2.22. The zero-order valence-corrected chi connectivity index (χ0v) is 18.7. The molecule has 4 rings (SSSR count). The van der Waals surface area contributed by atoms with Crippen LogP contribution in [0.15, 0.2) is 63.9 Å². The van der Waals surface area contributed by atoms with E-state index in [1.54, 1.807) is 24.3 Å². The molecule has 2 aromatic heterocycles. The molecule has 30 heavy (non-hydrogen) atoms. The second kappa shape index (κ2) is 8.63. The Labute approximate surface area is 186 Å². The summed E-state index contributed by atoms with van der Waals surface area (Å²) in [4.78, 5) is 30.4. The molecule has 0 bridgehead atoms. The highest BCUT2D eigenvalue weighted by molar-refractivity contribution is 7.99. The summed E-state index contributed by atoms with van der Waals surface area (Å²) in [5.74, 6) is -0.0565. The number of anilines is 1. The Bertz CT molecular complexity index is 1310. The first kappa shape index (κ1) is 20.7. The lowest BCUT2D eigenvalue weighted by molar-refractivity contribution is -0.113. The van der Waals surface area contributed by atoms with Crippen molar-refractivity contribution in [2.45, 2.75) is 19.0 Å². The van der Waals surface area contributed by atoms with Crippen LogP contribution in [0.25, 0.3) is 15.9 Å². The Morgan fingerprint density at radius 3 is 2.77 bits per heavy atom. The van der Waals surface area contributed by atoms with Gasteiger partial charge in [-0.05, 0) is 54.6 Å². The highest BCUT2D eigenvalue weighted by atomic mass is 35.5. The van der Waals surface area contributed by atoms with Gasteiger partial charge in [0.15, 0.2) is 5.16 Å². The van der Waals surface area contributed by atoms with Gasteiger partial charge in [-0.25, -0.2) is 4.98 Å². The quantitative estimate of drug-likeness (QED) is 0.321. The first-order valence-electron chi connectivity index (χ1n) is 9.19. The summed E-state index contributed by atoms with van der Waals surface area (Å²) in [5, 5.41) is 5.64. The number of benzene rings is 2. The molecule has 0 unspecified atom stereocenters. The fraction of sp³-hybridized carbons (Fsp3) is 0.136. The normalized spacial score (nSPS) is 11.0. The lowest BCUT2D eigenvalue weighted by atomic mass is 10.1. The number of carbonyl (C=O) groups is 1. The number of thiophene rings is 1. The molecular formula is C22H18ClN3O2S2. The SMILES string of the molecule is Cc1cccc(NC(=O)CSc2nc3ccsc3c(=O)n2-c2ccccc2Cl)c1C. The highest BCUT2D eigenvalue weighted by Crippen LogP contribution is 2.27. The number of nitrogens with one attached hydrogen (secondary N) is 1. The molecule has 1 N–H and O–H groups in total. The van der Waals surface area contributed by atoms with Crippen LogP contribution in [0.2, 0.25) is 5.02 Å². The van der Waals surface area contributed by atoms with Crippen molar-refractivity contribution in [3.8, 4) is 5.69 Å². The van der Waals surface area contributed by atoms with Gasteiger partial charge in [-0.2, -0.15) is 0 Å². The predicted octanol–water partition coefficient (Wildman–Crippen LogP) is 5.45. The molecule has 0 aliphatic rings. The van der Waals surface area contributed by atoms with Crippen molar-refractivity contribution in [2.24, 2.45) is 0 Å². The minimum Gasteiger partial charge on any atom is -0.325 e. The number of nitrogens with zero attached hydrogens (tertiary/aromatic N) is 2. The number of para-hydroxylation sites is 1. The molecule has 0 saturated carbocycles. The summed E-state index contributed by atoms with van der Waals surface area (Å²) in [6, 6.07) is 14.7. The van der Waals surface area contributed by atoms with E-state index < -0.39 is 0 Å². The number of fused-ring (bicyclic) bond motifs is 1. The number of aromatic nitrogens is 2. The van der Waals surface area contributed by atoms with E-state index in [1.807, 2.05) is 43.5 Å². The third kappa shape index (κ3) is 4.01. The molecule has 0 atom stereocenters. The van der Waals surface area contributed by atoms with Gasteiger partial charge in [0.2, 0.25) is 5.91 Å². The van der Waals surface area contributed by atoms with Gasteiger partial charge in [0, 0.05) is 5.69 Å². The summed E-state index contributed by atoms with van der Waals surface area (Å²) in [6.45, 7) is 3.97. The molecule has 4 aromatic rings. The zero-order chi connectivity index (χ0) is 21.3. The van der Waals surface area contributed by atoms with Gasteiger partial charge >= 0.3 is 0 Å². The van der Waals surface area contributed by atoms with E-state index in [-0.39, 0.29) is 17.2 Å². The first-order chi connectivity index (χ1) is 14.5. The van der Waals surface area contributed by atoms with Crippen molar-refractivity contribution in [1.82, 2.24) is 9.55 Å². The topological polar surface area (TPSA) is 64.0 Å². The van der Waals surface area contributed by atoms with Crippen LogP contribution < -0.4 is 10.9 Å². The molecule has 0 aliphatic heterocycles. The van der Waals surface area contributed by atoms with Crippen molar-refractivity contribution in [3.05, 3.63) is 80.4 Å². The van der Waals surface area contributed by atoms with Crippen molar-refractivity contribution in [1.29, 1.82) is 0 Å². The minimum absolute atomic E-state index is 0.111. The van der Waals surface area contributed by atoms with Crippen molar-refractivity contribution >= 4 is 56.5 Å². The van der Waals surface area contributed by atoms with Crippen molar-refractivity contribution < 1.29 is 4.79 Å². The van der Waals surface area contributed by atoms with Gasteiger partial charge in [0.25, 0.3) is 5.56 Å². The molecule has 0 fully saturated rings. The number of hydrogen-bond donors (Lipinski definition) is 1. The molecule has 2 aromatic carbocycles. The highest BCUT2D eigenvalue weighted by Gasteiger charge is 2.17. The van der Waals surface area contributed by atoms with Crippen LogP contribution >= 0.6 is 34.7 Å². The Morgan fingerprint density at radius 2 is 1.97 bits per heavy atom. The molecule has 152 valence electrons. The van der Waals surface area contributed by atoms with Gasteiger partial charge in [0.1, 0.15) is 4.70 Å². The Morgan fingerprint density at radius 1 is 1.17 bits per heavy atom. The monoisotopic (exact) mass is 455 g/mol. The summed E-state index contributed by atoms with van der Waals surface area (Å²) in [7, 11) is 0. The second-order valence-electron chi connectivity index (χ2n) is 6.71. The van der Waals surface area contributed by atoms with E-state index in [9.17, 15) is 9.59 Å². The maximum Gasteiger partial charge on any atom is 0.276 e. The average molecular weight is 456 g/mol. The van der Waals surface area contributed by atoms with Crippen LogP contribution in [0.5, 0.6) is 0 Å². The third-order valence-electron chi connectivity index (χ3n) is 4.75. The Balaban J connectivity index is 1.66. The van der Waals surface area contributed by atoms with Gasteiger partial charge < -0.3 is 5.32 Å². The van der Waals surface area contributed by atoms with Gasteiger partial charge in [-0.3, -0.25) is 14.2 Å². The molecule has 0 radical (unpaired) electrons. The number of rotatable bonds is 5. The first-order valence-corrected chi connectivity index (χ1v) is 11.4. The maximum absolute atomic E-state index is 13.1. The van der Waals surface area contributed by atoms with Crippen molar-refractivity contribution in [2.75, 3.05) is 11.1 Å². The number of halogens is 1. The third-order valence-corrected chi connectivity index (χ3v) is 6.90. The van der Waals surface area contributed by atoms with Crippen LogP contribution in [-0.4, -0.2) is 21.2 Å². The molecule has 0 spiro atoms. The molecule has 8 heteroatoms. The lowest BCUT2D eigenvalue weighted by Gasteiger charge is -2.14. The number of carbonyl (C=O) groups excluding carboxylic acids is 1. The average Bonchev–Trinajstić information content (AvgIpc) is 3.20. The Hall–Kier alpha value is -2.61. The molecule has 0 saturated heterocycles. The second-order valence-corrected chi connectivity index (χ2v) is 8.97. The van der Waals surface area contributed by atoms with E-state index in [1.165, 1.54) is 27.7 Å². The van der Waals surface area contributed by atoms with E-state index in [4.69, 9.17) is 11.6 Å². The minimum atomic E-state index is -0.194. The number of amides is 1. The van der Waals surface area contributed by atoms with Gasteiger partial charge in [-0.15, -0.1) is 11.3 Å². The largest absolute Gasteiger partial charge is 0.325 e. The number of thioether (sulfide) groups is 1. The molecule has 1 amide bonds. The summed E-state index contributed by atoms with van der Waals surface area (Å²) < 4.78 is 2.04. The Kier molecular flexibility index (Phi) is 5.94. The van der Waals surface area contributed by atoms with E-state index in [0.717, 1.165) is 16.8 Å². The summed E-state index contributed by atoms with van der Waals surface area (Å²) >= 11 is 8.90. The zero-order valence-electron chi connectivity index (χ0n) is 16.3. The summed E-state index contributed by atoms with van der Waals surface area (Å²) in [5.41, 5.74) is 3.89. The molecule has 2 heterocycles. The maximum atomic E-state index is 13.1. The van der Waals surface area contributed by atoms with Crippen LogP contribution in [0.3, 0.4) is 0 Å². The smallest absolute Gasteiger partial charge is 0.276 e. The standard InChI is InChI=1S/C22H18ClN3O2S2/c1-13-6-5-8-16(14(13)2)24-19(27)12-30-22-25-17-10-11-29-20(17)21(28)26(22)18-9-4-3-7-15(18)23/h3-11H,12H2,1-2H3,(H,24,27). The van der Waals surface area contributed by atoms with E-state index in [2.05, 4.69) is 10.3 Å². The number of aryl methyl sites for hydroxylation is 1. The van der Waals surface area contributed by atoms with Crippen LogP contribution in [-0.2, 0) is 4.79 Å². The number of hydrogen-bond acceptors (Lipinski definition) is 5. The predicted molar refractivity (Wildman–Crippen MR) is 125 cm³/mol.